The van der Waals surface area contributed by atoms with E-state index in [9.17, 15) is 4.79 Å². The number of hydrogen-bond donors (Lipinski definition) is 1. The van der Waals surface area contributed by atoms with Crippen LogP contribution in [0.5, 0.6) is 0 Å². The number of aryl methyl sites for hydroxylation is 1. The number of thiophene rings is 1. The second-order valence-corrected chi connectivity index (χ2v) is 6.06. The lowest BCUT2D eigenvalue weighted by Gasteiger charge is -2.27. The summed E-state index contributed by atoms with van der Waals surface area (Å²) in [7, 11) is 3.84. The van der Waals surface area contributed by atoms with Gasteiger partial charge in [0.1, 0.15) is 0 Å². The zero-order valence-corrected chi connectivity index (χ0v) is 12.5. The number of hydrogen-bond acceptors (Lipinski definition) is 3. The maximum Gasteiger partial charge on any atom is 0.227 e. The molecular weight excluding hydrogens is 268 g/mol. The highest BCUT2D eigenvalue weighted by atomic mass is 32.1. The van der Waals surface area contributed by atoms with Crippen LogP contribution in [0.3, 0.4) is 0 Å². The van der Waals surface area contributed by atoms with Crippen LogP contribution < -0.4 is 10.2 Å². The molecule has 0 saturated carbocycles. The van der Waals surface area contributed by atoms with Gasteiger partial charge in [-0.1, -0.05) is 18.2 Å². The van der Waals surface area contributed by atoms with Crippen molar-refractivity contribution < 1.29 is 4.79 Å². The molecule has 1 aliphatic rings. The number of anilines is 1. The molecule has 0 fully saturated rings. The van der Waals surface area contributed by atoms with Crippen LogP contribution in [0.2, 0.25) is 0 Å². The van der Waals surface area contributed by atoms with Crippen molar-refractivity contribution in [2.45, 2.75) is 18.9 Å². The molecule has 1 aromatic heterocycles. The van der Waals surface area contributed by atoms with E-state index in [-0.39, 0.29) is 11.9 Å². The Morgan fingerprint density at radius 2 is 2.15 bits per heavy atom. The summed E-state index contributed by atoms with van der Waals surface area (Å²) in [5, 5.41) is 5.48. The van der Waals surface area contributed by atoms with Crippen LogP contribution in [0.15, 0.2) is 35.7 Å². The van der Waals surface area contributed by atoms with Gasteiger partial charge in [0.15, 0.2) is 0 Å². The zero-order chi connectivity index (χ0) is 14.1. The third kappa shape index (κ3) is 2.25. The van der Waals surface area contributed by atoms with Gasteiger partial charge in [0, 0.05) is 24.0 Å². The SMILES string of the molecule is CNC(c1ccc2c(c1)CCC(=O)N2C)c1cccs1. The van der Waals surface area contributed by atoms with Crippen LogP contribution >= 0.6 is 11.3 Å². The molecule has 2 aromatic rings. The topological polar surface area (TPSA) is 32.3 Å². The van der Waals surface area contributed by atoms with E-state index in [1.165, 1.54) is 16.0 Å². The van der Waals surface area contributed by atoms with E-state index in [2.05, 4.69) is 41.0 Å². The largest absolute Gasteiger partial charge is 0.315 e. The van der Waals surface area contributed by atoms with Crippen molar-refractivity contribution in [2.24, 2.45) is 0 Å². The fourth-order valence-electron chi connectivity index (χ4n) is 2.78. The maximum atomic E-state index is 11.7. The first kappa shape index (κ1) is 13.3. The van der Waals surface area contributed by atoms with Crippen LogP contribution in [0.25, 0.3) is 0 Å². The second-order valence-electron chi connectivity index (χ2n) is 5.08. The average molecular weight is 286 g/mol. The normalized spacial score (nSPS) is 16.1. The van der Waals surface area contributed by atoms with Crippen molar-refractivity contribution in [3.8, 4) is 0 Å². The van der Waals surface area contributed by atoms with E-state index in [4.69, 9.17) is 0 Å². The lowest BCUT2D eigenvalue weighted by Crippen LogP contribution is -2.31. The van der Waals surface area contributed by atoms with Crippen molar-refractivity contribution in [2.75, 3.05) is 19.0 Å². The average Bonchev–Trinajstić information content (AvgIpc) is 2.98. The molecule has 0 aliphatic carbocycles. The Kier molecular flexibility index (Phi) is 3.59. The molecule has 4 heteroatoms. The summed E-state index contributed by atoms with van der Waals surface area (Å²) >= 11 is 1.76. The predicted octanol–water partition coefficient (Wildman–Crippen LogP) is 2.97. The first-order valence-electron chi connectivity index (χ1n) is 6.80. The number of benzene rings is 1. The van der Waals surface area contributed by atoms with Crippen LogP contribution in [-0.4, -0.2) is 20.0 Å². The molecule has 3 nitrogen and oxygen atoms in total. The Morgan fingerprint density at radius 1 is 1.30 bits per heavy atom. The van der Waals surface area contributed by atoms with Crippen LogP contribution in [0.4, 0.5) is 5.69 Å². The lowest BCUT2D eigenvalue weighted by atomic mass is 9.96. The van der Waals surface area contributed by atoms with Gasteiger partial charge in [-0.15, -0.1) is 11.3 Å². The Morgan fingerprint density at radius 3 is 2.85 bits per heavy atom. The van der Waals surface area contributed by atoms with Gasteiger partial charge in [-0.25, -0.2) is 0 Å². The molecular formula is C16H18N2OS. The van der Waals surface area contributed by atoms with Crippen molar-refractivity contribution >= 4 is 22.9 Å². The van der Waals surface area contributed by atoms with E-state index in [0.717, 1.165) is 12.1 Å². The highest BCUT2D eigenvalue weighted by Gasteiger charge is 2.22. The molecule has 0 radical (unpaired) electrons. The maximum absolute atomic E-state index is 11.7. The summed E-state index contributed by atoms with van der Waals surface area (Å²) in [6, 6.07) is 10.9. The molecule has 104 valence electrons. The number of carbonyl (C=O) groups is 1. The van der Waals surface area contributed by atoms with Gasteiger partial charge in [0.25, 0.3) is 0 Å². The summed E-state index contributed by atoms with van der Waals surface area (Å²) in [6.07, 6.45) is 1.45. The smallest absolute Gasteiger partial charge is 0.227 e. The van der Waals surface area contributed by atoms with E-state index >= 15 is 0 Å². The minimum Gasteiger partial charge on any atom is -0.315 e. The Bertz CT molecular complexity index is 621. The van der Waals surface area contributed by atoms with Crippen molar-refractivity contribution in [1.82, 2.24) is 5.32 Å². The van der Waals surface area contributed by atoms with E-state index < -0.39 is 0 Å². The molecule has 20 heavy (non-hydrogen) atoms. The summed E-state index contributed by atoms with van der Waals surface area (Å²) in [4.78, 5) is 14.8. The minimum atomic E-state index is 0.202. The van der Waals surface area contributed by atoms with Gasteiger partial charge in [-0.3, -0.25) is 4.79 Å². The van der Waals surface area contributed by atoms with Gasteiger partial charge in [0.05, 0.1) is 6.04 Å². The Hall–Kier alpha value is -1.65. The zero-order valence-electron chi connectivity index (χ0n) is 11.7. The first-order chi connectivity index (χ1) is 9.70. The third-order valence-electron chi connectivity index (χ3n) is 3.90. The Labute approximate surface area is 123 Å². The highest BCUT2D eigenvalue weighted by molar-refractivity contribution is 7.10. The molecule has 1 atom stereocenters. The molecule has 1 unspecified atom stereocenters. The number of amides is 1. The van der Waals surface area contributed by atoms with Crippen LogP contribution in [-0.2, 0) is 11.2 Å². The first-order valence-corrected chi connectivity index (χ1v) is 7.68. The summed E-state index contributed by atoms with van der Waals surface area (Å²) < 4.78 is 0. The van der Waals surface area contributed by atoms with Gasteiger partial charge >= 0.3 is 0 Å². The minimum absolute atomic E-state index is 0.202. The van der Waals surface area contributed by atoms with E-state index in [1.807, 2.05) is 14.1 Å². The van der Waals surface area contributed by atoms with Gasteiger partial charge in [-0.05, 0) is 42.1 Å². The molecule has 1 N–H and O–H groups in total. The van der Waals surface area contributed by atoms with Crippen molar-refractivity contribution in [1.29, 1.82) is 0 Å². The summed E-state index contributed by atoms with van der Waals surface area (Å²) in [5.41, 5.74) is 3.57. The van der Waals surface area contributed by atoms with Gasteiger partial charge in [-0.2, -0.15) is 0 Å². The Balaban J connectivity index is 1.98. The lowest BCUT2D eigenvalue weighted by molar-refractivity contribution is -0.118. The standard InChI is InChI=1S/C16H18N2OS/c1-17-16(14-4-3-9-20-14)12-5-7-13-11(10-12)6-8-15(19)18(13)2/h3-5,7,9-10,16-17H,6,8H2,1-2H3. The van der Waals surface area contributed by atoms with Gasteiger partial charge < -0.3 is 10.2 Å². The number of nitrogens with one attached hydrogen (secondary N) is 1. The second kappa shape index (κ2) is 5.38. The molecule has 0 bridgehead atoms. The van der Waals surface area contributed by atoms with Crippen molar-refractivity contribution in [3.63, 3.8) is 0 Å². The molecule has 1 amide bonds. The molecule has 3 rings (SSSR count). The fourth-order valence-corrected chi connectivity index (χ4v) is 3.65. The quantitative estimate of drug-likeness (QED) is 0.941. The van der Waals surface area contributed by atoms with Crippen LogP contribution in [0.1, 0.15) is 28.5 Å². The molecule has 2 heterocycles. The van der Waals surface area contributed by atoms with Gasteiger partial charge in [0.2, 0.25) is 5.91 Å². The monoisotopic (exact) mass is 286 g/mol. The fraction of sp³-hybridized carbons (Fsp3) is 0.312. The predicted molar refractivity (Wildman–Crippen MR) is 83.4 cm³/mol. The number of rotatable bonds is 3. The van der Waals surface area contributed by atoms with E-state index in [0.29, 0.717) is 6.42 Å². The third-order valence-corrected chi connectivity index (χ3v) is 4.83. The highest BCUT2D eigenvalue weighted by Crippen LogP contribution is 2.32. The summed E-state index contributed by atoms with van der Waals surface area (Å²) in [5.74, 6) is 0.202. The number of fused-ring (bicyclic) bond motifs is 1. The molecule has 1 aromatic carbocycles. The molecule has 1 aliphatic heterocycles. The molecule has 0 saturated heterocycles. The number of carbonyl (C=O) groups excluding carboxylic acids is 1. The van der Waals surface area contributed by atoms with Crippen molar-refractivity contribution in [3.05, 3.63) is 51.7 Å². The van der Waals surface area contributed by atoms with Crippen LogP contribution in [0, 0.1) is 0 Å². The number of nitrogens with zero attached hydrogens (tertiary/aromatic N) is 1. The molecule has 0 spiro atoms. The summed E-state index contributed by atoms with van der Waals surface area (Å²) in [6.45, 7) is 0. The van der Waals surface area contributed by atoms with E-state index in [1.54, 1.807) is 16.2 Å².